The van der Waals surface area contributed by atoms with E-state index in [4.69, 9.17) is 16.7 Å². The van der Waals surface area contributed by atoms with Crippen molar-refractivity contribution in [1.29, 1.82) is 0 Å². The number of halogens is 4. The molecule has 3 N–H and O–H groups in total. The van der Waals surface area contributed by atoms with Gasteiger partial charge in [0.25, 0.3) is 0 Å². The molecule has 0 saturated carbocycles. The molecule has 174 valence electrons. The maximum absolute atomic E-state index is 12.8. The Hall–Kier alpha value is -2.41. The molecule has 1 aromatic heterocycles. The molecular weight excluding hydrogens is 471 g/mol. The van der Waals surface area contributed by atoms with E-state index in [9.17, 15) is 26.4 Å². The first-order valence-corrected chi connectivity index (χ1v) is 11.4. The summed E-state index contributed by atoms with van der Waals surface area (Å²) in [5.74, 6) is -0.0769. The van der Waals surface area contributed by atoms with Crippen LogP contribution < -0.4 is 15.4 Å². The predicted octanol–water partition coefficient (Wildman–Crippen LogP) is 2.55. The Labute approximate surface area is 188 Å². The topological polar surface area (TPSA) is 109 Å². The van der Waals surface area contributed by atoms with E-state index < -0.39 is 27.8 Å². The molecule has 8 nitrogen and oxygen atoms in total. The number of pyridine rings is 1. The van der Waals surface area contributed by atoms with Gasteiger partial charge in [-0.05, 0) is 31.2 Å². The molecule has 32 heavy (non-hydrogen) atoms. The van der Waals surface area contributed by atoms with E-state index >= 15 is 0 Å². The van der Waals surface area contributed by atoms with Gasteiger partial charge in [-0.3, -0.25) is 9.69 Å². The molecule has 0 radical (unpaired) electrons. The van der Waals surface area contributed by atoms with Crippen molar-refractivity contribution in [3.05, 3.63) is 47.1 Å². The molecule has 1 aliphatic rings. The van der Waals surface area contributed by atoms with Crippen molar-refractivity contribution >= 4 is 39.0 Å². The van der Waals surface area contributed by atoms with Crippen LogP contribution in [-0.4, -0.2) is 56.4 Å². The Morgan fingerprint density at radius 1 is 1.22 bits per heavy atom. The number of amides is 1. The number of nitrogens with one attached hydrogen (secondary N) is 1. The van der Waals surface area contributed by atoms with Gasteiger partial charge >= 0.3 is 6.18 Å². The van der Waals surface area contributed by atoms with Gasteiger partial charge in [0.05, 0.1) is 21.5 Å². The molecule has 1 fully saturated rings. The largest absolute Gasteiger partial charge is 0.417 e. The van der Waals surface area contributed by atoms with Crippen LogP contribution in [-0.2, 0) is 21.0 Å². The number of carbonyl (C=O) groups excluding carboxylic acids is 1. The van der Waals surface area contributed by atoms with Crippen molar-refractivity contribution in [3.63, 3.8) is 0 Å². The highest BCUT2D eigenvalue weighted by molar-refractivity contribution is 7.89. The van der Waals surface area contributed by atoms with E-state index in [0.29, 0.717) is 31.9 Å². The minimum Gasteiger partial charge on any atom is -0.353 e. The zero-order valence-electron chi connectivity index (χ0n) is 16.9. The predicted molar refractivity (Wildman–Crippen MR) is 114 cm³/mol. The summed E-state index contributed by atoms with van der Waals surface area (Å²) in [6.45, 7) is 3.43. The van der Waals surface area contributed by atoms with E-state index in [1.54, 1.807) is 17.9 Å². The summed E-state index contributed by atoms with van der Waals surface area (Å²) in [5, 5.41) is 7.69. The molecule has 1 aromatic carbocycles. The average molecular weight is 492 g/mol. The number of nitrogens with two attached hydrogens (primary N) is 1. The van der Waals surface area contributed by atoms with Crippen molar-refractivity contribution in [2.75, 3.05) is 36.4 Å². The summed E-state index contributed by atoms with van der Waals surface area (Å²) in [6, 6.07) is 5.94. The fourth-order valence-electron chi connectivity index (χ4n) is 3.30. The van der Waals surface area contributed by atoms with Crippen LogP contribution in [0.5, 0.6) is 0 Å². The molecule has 3 rings (SSSR count). The van der Waals surface area contributed by atoms with Crippen molar-refractivity contribution in [2.24, 2.45) is 5.14 Å². The third-order valence-electron chi connectivity index (χ3n) is 5.12. The number of sulfonamides is 1. The molecule has 2 aromatic rings. The standard InChI is InChI=1S/C19H21ClF3N5O3S/c1-12(18(29)26-14-3-2-4-15(10-14)32(24,30)31)27-5-7-28(8-6-27)17-16(20)9-13(11-25-17)19(21,22)23/h2-4,9-12H,5-8H2,1H3,(H,26,29)(H2,24,30,31)/t12-/m0/s1. The third kappa shape index (κ3) is 5.68. The smallest absolute Gasteiger partial charge is 0.353 e. The molecule has 0 aliphatic carbocycles. The number of hydrogen-bond acceptors (Lipinski definition) is 6. The lowest BCUT2D eigenvalue weighted by molar-refractivity contribution is -0.137. The second-order valence-corrected chi connectivity index (χ2v) is 9.26. The lowest BCUT2D eigenvalue weighted by atomic mass is 10.2. The SMILES string of the molecule is C[C@@H](C(=O)Nc1cccc(S(N)(=O)=O)c1)N1CCN(c2ncc(C(F)(F)F)cc2Cl)CC1. The van der Waals surface area contributed by atoms with Gasteiger partial charge in [-0.2, -0.15) is 13.2 Å². The number of hydrogen-bond donors (Lipinski definition) is 2. The van der Waals surface area contributed by atoms with Crippen LogP contribution in [0.4, 0.5) is 24.7 Å². The number of primary sulfonamides is 1. The van der Waals surface area contributed by atoms with Gasteiger partial charge < -0.3 is 10.2 Å². The quantitative estimate of drug-likeness (QED) is 0.665. The van der Waals surface area contributed by atoms with Crippen molar-refractivity contribution in [2.45, 2.75) is 24.0 Å². The normalized spacial score (nSPS) is 16.6. The number of alkyl halides is 3. The molecule has 13 heteroatoms. The van der Waals surface area contributed by atoms with Gasteiger partial charge in [-0.15, -0.1) is 0 Å². The van der Waals surface area contributed by atoms with Crippen molar-refractivity contribution in [3.8, 4) is 0 Å². The van der Waals surface area contributed by atoms with E-state index in [1.165, 1.54) is 18.2 Å². The van der Waals surface area contributed by atoms with E-state index in [1.807, 2.05) is 4.90 Å². The van der Waals surface area contributed by atoms with E-state index in [0.717, 1.165) is 12.3 Å². The van der Waals surface area contributed by atoms with Crippen LogP contribution in [0.2, 0.25) is 5.02 Å². The molecule has 1 amide bonds. The van der Waals surface area contributed by atoms with Crippen LogP contribution in [0.25, 0.3) is 0 Å². The molecule has 0 spiro atoms. The highest BCUT2D eigenvalue weighted by atomic mass is 35.5. The zero-order chi connectivity index (χ0) is 23.7. The zero-order valence-corrected chi connectivity index (χ0v) is 18.5. The Balaban J connectivity index is 1.61. The summed E-state index contributed by atoms with van der Waals surface area (Å²) < 4.78 is 61.4. The summed E-state index contributed by atoms with van der Waals surface area (Å²) >= 11 is 6.02. The maximum atomic E-state index is 12.8. The number of rotatable bonds is 5. The number of anilines is 2. The van der Waals surface area contributed by atoms with Gasteiger partial charge in [0.15, 0.2) is 0 Å². The lowest BCUT2D eigenvalue weighted by Crippen LogP contribution is -2.53. The highest BCUT2D eigenvalue weighted by Gasteiger charge is 2.33. The summed E-state index contributed by atoms with van der Waals surface area (Å²) in [7, 11) is -3.90. The Kier molecular flexibility index (Phi) is 6.98. The second kappa shape index (κ2) is 9.22. The fraction of sp³-hybridized carbons (Fsp3) is 0.368. The number of piperazine rings is 1. The monoisotopic (exact) mass is 491 g/mol. The van der Waals surface area contributed by atoms with Gasteiger partial charge in [0.2, 0.25) is 15.9 Å². The maximum Gasteiger partial charge on any atom is 0.417 e. The summed E-state index contributed by atoms with van der Waals surface area (Å²) in [5.41, 5.74) is -0.616. The van der Waals surface area contributed by atoms with Crippen molar-refractivity contribution in [1.82, 2.24) is 9.88 Å². The molecule has 1 aliphatic heterocycles. The van der Waals surface area contributed by atoms with E-state index in [2.05, 4.69) is 10.3 Å². The fourth-order valence-corrected chi connectivity index (χ4v) is 4.15. The molecule has 0 bridgehead atoms. The first-order chi connectivity index (χ1) is 14.9. The Morgan fingerprint density at radius 3 is 2.44 bits per heavy atom. The molecular formula is C19H21ClF3N5O3S. The van der Waals surface area contributed by atoms with Crippen molar-refractivity contribution < 1.29 is 26.4 Å². The van der Waals surface area contributed by atoms with Gasteiger partial charge in [0, 0.05) is 38.1 Å². The van der Waals surface area contributed by atoms with Gasteiger partial charge in [0.1, 0.15) is 5.82 Å². The van der Waals surface area contributed by atoms with Crippen LogP contribution in [0.3, 0.4) is 0 Å². The van der Waals surface area contributed by atoms with E-state index in [-0.39, 0.29) is 21.6 Å². The molecule has 1 atom stereocenters. The van der Waals surface area contributed by atoms with Gasteiger partial charge in [-0.1, -0.05) is 17.7 Å². The second-order valence-electron chi connectivity index (χ2n) is 7.29. The number of benzene rings is 1. The first-order valence-electron chi connectivity index (χ1n) is 9.52. The van der Waals surface area contributed by atoms with Crippen LogP contribution >= 0.6 is 11.6 Å². The number of aromatic nitrogens is 1. The first kappa shape index (κ1) is 24.2. The van der Waals surface area contributed by atoms with Crippen LogP contribution in [0, 0.1) is 0 Å². The number of carbonyl (C=O) groups is 1. The average Bonchev–Trinajstić information content (AvgIpc) is 2.72. The minimum atomic E-state index is -4.52. The van der Waals surface area contributed by atoms with Crippen LogP contribution in [0.1, 0.15) is 12.5 Å². The molecule has 1 saturated heterocycles. The lowest BCUT2D eigenvalue weighted by Gasteiger charge is -2.38. The third-order valence-corrected chi connectivity index (χ3v) is 6.31. The Morgan fingerprint density at radius 2 is 1.88 bits per heavy atom. The molecule has 2 heterocycles. The summed E-state index contributed by atoms with van der Waals surface area (Å²) in [6.07, 6.45) is -3.77. The number of nitrogens with zero attached hydrogens (tertiary/aromatic N) is 3. The highest BCUT2D eigenvalue weighted by Crippen LogP contribution is 2.33. The van der Waals surface area contributed by atoms with Crippen LogP contribution in [0.15, 0.2) is 41.4 Å². The minimum absolute atomic E-state index is 0.0891. The summed E-state index contributed by atoms with van der Waals surface area (Å²) in [4.78, 5) is 20.0. The Bertz CT molecular complexity index is 1110. The molecule has 0 unspecified atom stereocenters. The van der Waals surface area contributed by atoms with Gasteiger partial charge in [-0.25, -0.2) is 18.5 Å².